The molecule has 0 saturated carbocycles. The molecule has 0 amide bonds. The van der Waals surface area contributed by atoms with E-state index in [2.05, 4.69) is 25.5 Å². The van der Waals surface area contributed by atoms with Crippen molar-refractivity contribution in [3.8, 4) is 0 Å². The molecule has 0 radical (unpaired) electrons. The van der Waals surface area contributed by atoms with Gasteiger partial charge in [0.1, 0.15) is 5.15 Å². The molecule has 0 unspecified atom stereocenters. The largest absolute Gasteiger partial charge is 0.354 e. The van der Waals surface area contributed by atoms with Crippen LogP contribution in [0.4, 0.5) is 5.82 Å². The van der Waals surface area contributed by atoms with Crippen LogP contribution in [0.15, 0.2) is 12.1 Å². The van der Waals surface area contributed by atoms with E-state index in [9.17, 15) is 0 Å². The van der Waals surface area contributed by atoms with E-state index >= 15 is 0 Å². The van der Waals surface area contributed by atoms with E-state index in [1.54, 1.807) is 4.68 Å². The van der Waals surface area contributed by atoms with Gasteiger partial charge in [-0.05, 0) is 38.8 Å². The third-order valence-corrected chi connectivity index (χ3v) is 4.84. The van der Waals surface area contributed by atoms with Gasteiger partial charge in [0.15, 0.2) is 5.82 Å². The number of rotatable bonds is 4. The third-order valence-electron chi connectivity index (χ3n) is 4.37. The number of piperidine rings is 1. The standard InChI is InChI=1S/C16H23ClN6/c1-11-6-7-15(20-19-11)23-8-4-5-13(10-23)18-9-14-12(2)21-22(3)16(14)17/h6-7,13,18H,4-5,8-10H2,1-3H3/t13-/m0/s1. The monoisotopic (exact) mass is 334 g/mol. The second-order valence-corrected chi connectivity index (χ2v) is 6.54. The average molecular weight is 335 g/mol. The number of aromatic nitrogens is 4. The summed E-state index contributed by atoms with van der Waals surface area (Å²) in [6, 6.07) is 4.48. The molecule has 1 fully saturated rings. The number of aryl methyl sites for hydroxylation is 3. The topological polar surface area (TPSA) is 58.9 Å². The first-order valence-corrected chi connectivity index (χ1v) is 8.39. The Kier molecular flexibility index (Phi) is 4.82. The molecule has 7 heteroatoms. The van der Waals surface area contributed by atoms with Crippen molar-refractivity contribution in [2.24, 2.45) is 7.05 Å². The van der Waals surface area contributed by atoms with Gasteiger partial charge in [0.25, 0.3) is 0 Å². The van der Waals surface area contributed by atoms with Gasteiger partial charge in [-0.1, -0.05) is 11.6 Å². The van der Waals surface area contributed by atoms with Crippen LogP contribution in [0.25, 0.3) is 0 Å². The molecule has 1 saturated heterocycles. The Balaban J connectivity index is 1.61. The van der Waals surface area contributed by atoms with Gasteiger partial charge in [-0.25, -0.2) is 0 Å². The molecule has 0 aliphatic carbocycles. The number of nitrogens with zero attached hydrogens (tertiary/aromatic N) is 5. The first-order valence-electron chi connectivity index (χ1n) is 8.01. The van der Waals surface area contributed by atoms with Crippen LogP contribution in [-0.2, 0) is 13.6 Å². The van der Waals surface area contributed by atoms with Gasteiger partial charge in [0.2, 0.25) is 0 Å². The molecule has 6 nitrogen and oxygen atoms in total. The molecule has 23 heavy (non-hydrogen) atoms. The quantitative estimate of drug-likeness (QED) is 0.929. The number of anilines is 1. The van der Waals surface area contributed by atoms with Crippen molar-refractivity contribution in [1.29, 1.82) is 0 Å². The van der Waals surface area contributed by atoms with Crippen LogP contribution in [-0.4, -0.2) is 39.1 Å². The van der Waals surface area contributed by atoms with Crippen LogP contribution >= 0.6 is 11.6 Å². The normalized spacial score (nSPS) is 18.4. The van der Waals surface area contributed by atoms with Gasteiger partial charge in [0.05, 0.1) is 11.4 Å². The van der Waals surface area contributed by atoms with Crippen LogP contribution in [0.2, 0.25) is 5.15 Å². The molecule has 1 N–H and O–H groups in total. The fourth-order valence-corrected chi connectivity index (χ4v) is 3.27. The first kappa shape index (κ1) is 16.2. The second kappa shape index (κ2) is 6.84. The van der Waals surface area contributed by atoms with Crippen LogP contribution < -0.4 is 10.2 Å². The maximum atomic E-state index is 6.30. The minimum atomic E-state index is 0.419. The van der Waals surface area contributed by atoms with E-state index in [1.807, 2.05) is 33.0 Å². The minimum Gasteiger partial charge on any atom is -0.354 e. The molecular weight excluding hydrogens is 312 g/mol. The lowest BCUT2D eigenvalue weighted by molar-refractivity contribution is 0.419. The molecule has 2 aromatic rings. The number of hydrogen-bond acceptors (Lipinski definition) is 5. The van der Waals surface area contributed by atoms with Gasteiger partial charge < -0.3 is 10.2 Å². The predicted octanol–water partition coefficient (Wildman–Crippen LogP) is 2.24. The molecule has 1 aliphatic rings. The van der Waals surface area contributed by atoms with Crippen LogP contribution in [0.1, 0.15) is 29.8 Å². The Morgan fingerprint density at radius 3 is 2.78 bits per heavy atom. The fraction of sp³-hybridized carbons (Fsp3) is 0.562. The van der Waals surface area contributed by atoms with E-state index in [1.165, 1.54) is 0 Å². The summed E-state index contributed by atoms with van der Waals surface area (Å²) in [4.78, 5) is 2.30. The minimum absolute atomic E-state index is 0.419. The van der Waals surface area contributed by atoms with Crippen molar-refractivity contribution in [2.45, 2.75) is 39.3 Å². The Hall–Kier alpha value is -1.66. The molecule has 0 spiro atoms. The van der Waals surface area contributed by atoms with Crippen molar-refractivity contribution in [2.75, 3.05) is 18.0 Å². The summed E-state index contributed by atoms with van der Waals surface area (Å²) in [5, 5.41) is 17.2. The van der Waals surface area contributed by atoms with Crippen molar-refractivity contribution < 1.29 is 0 Å². The lowest BCUT2D eigenvalue weighted by Gasteiger charge is -2.33. The third kappa shape index (κ3) is 3.64. The summed E-state index contributed by atoms with van der Waals surface area (Å²) in [5.74, 6) is 0.956. The summed E-state index contributed by atoms with van der Waals surface area (Å²) in [6.07, 6.45) is 2.31. The molecule has 3 rings (SSSR count). The summed E-state index contributed by atoms with van der Waals surface area (Å²) in [7, 11) is 1.87. The highest BCUT2D eigenvalue weighted by atomic mass is 35.5. The number of nitrogens with one attached hydrogen (secondary N) is 1. The molecule has 1 atom stereocenters. The highest BCUT2D eigenvalue weighted by molar-refractivity contribution is 6.30. The highest BCUT2D eigenvalue weighted by Crippen LogP contribution is 2.20. The zero-order chi connectivity index (χ0) is 16.4. The smallest absolute Gasteiger partial charge is 0.151 e. The maximum Gasteiger partial charge on any atom is 0.151 e. The highest BCUT2D eigenvalue weighted by Gasteiger charge is 2.22. The van der Waals surface area contributed by atoms with Gasteiger partial charge in [-0.15, -0.1) is 5.10 Å². The molecule has 0 bridgehead atoms. The molecule has 0 aromatic carbocycles. The van der Waals surface area contributed by atoms with E-state index in [0.717, 1.165) is 55.2 Å². The maximum absolute atomic E-state index is 6.30. The Bertz CT molecular complexity index is 666. The van der Waals surface area contributed by atoms with Gasteiger partial charge >= 0.3 is 0 Å². The van der Waals surface area contributed by atoms with Crippen LogP contribution in [0.5, 0.6) is 0 Å². The molecule has 2 aromatic heterocycles. The van der Waals surface area contributed by atoms with Gasteiger partial charge in [0, 0.05) is 38.3 Å². The lowest BCUT2D eigenvalue weighted by atomic mass is 10.1. The first-order chi connectivity index (χ1) is 11.0. The molecule has 3 heterocycles. The Labute approximate surface area is 141 Å². The second-order valence-electron chi connectivity index (χ2n) is 6.18. The number of halogens is 1. The number of hydrogen-bond donors (Lipinski definition) is 1. The fourth-order valence-electron chi connectivity index (χ4n) is 3.03. The van der Waals surface area contributed by atoms with E-state index in [4.69, 9.17) is 11.6 Å². The van der Waals surface area contributed by atoms with E-state index in [0.29, 0.717) is 11.2 Å². The van der Waals surface area contributed by atoms with Crippen LogP contribution in [0.3, 0.4) is 0 Å². The van der Waals surface area contributed by atoms with Crippen molar-refractivity contribution in [1.82, 2.24) is 25.3 Å². The lowest BCUT2D eigenvalue weighted by Crippen LogP contribution is -2.45. The molecule has 124 valence electrons. The van der Waals surface area contributed by atoms with Gasteiger partial charge in [-0.2, -0.15) is 10.2 Å². The molecular formula is C16H23ClN6. The van der Waals surface area contributed by atoms with Gasteiger partial charge in [-0.3, -0.25) is 4.68 Å². The Morgan fingerprint density at radius 2 is 2.13 bits per heavy atom. The van der Waals surface area contributed by atoms with Crippen molar-refractivity contribution in [3.63, 3.8) is 0 Å². The SMILES string of the molecule is Cc1ccc(N2CCC[C@H](NCc3c(C)nn(C)c3Cl)C2)nn1. The summed E-state index contributed by atoms with van der Waals surface area (Å²) < 4.78 is 1.73. The predicted molar refractivity (Wildman–Crippen MR) is 91.8 cm³/mol. The van der Waals surface area contributed by atoms with Crippen molar-refractivity contribution >= 4 is 17.4 Å². The zero-order valence-corrected chi connectivity index (χ0v) is 14.6. The summed E-state index contributed by atoms with van der Waals surface area (Å²) in [5.41, 5.74) is 3.02. The Morgan fingerprint density at radius 1 is 1.30 bits per heavy atom. The van der Waals surface area contributed by atoms with Crippen molar-refractivity contribution in [3.05, 3.63) is 34.2 Å². The van der Waals surface area contributed by atoms with E-state index < -0.39 is 0 Å². The average Bonchev–Trinajstić information content (AvgIpc) is 2.79. The summed E-state index contributed by atoms with van der Waals surface area (Å²) >= 11 is 6.30. The zero-order valence-electron chi connectivity index (χ0n) is 13.9. The molecule has 1 aliphatic heterocycles. The van der Waals surface area contributed by atoms with Crippen LogP contribution in [0, 0.1) is 13.8 Å². The van der Waals surface area contributed by atoms with E-state index in [-0.39, 0.29) is 0 Å². The summed E-state index contributed by atoms with van der Waals surface area (Å²) in [6.45, 7) is 6.67.